The molecular weight excluding hydrogens is 213 g/mol. The fourth-order valence-electron chi connectivity index (χ4n) is 1.59. The molecule has 0 spiro atoms. The number of ether oxygens (including phenoxy) is 2. The molecule has 0 radical (unpaired) electrons. The van der Waals surface area contributed by atoms with Gasteiger partial charge in [-0.15, -0.1) is 0 Å². The van der Waals surface area contributed by atoms with Crippen LogP contribution in [0.25, 0.3) is 0 Å². The molecule has 0 bridgehead atoms. The van der Waals surface area contributed by atoms with Crippen LogP contribution in [-0.4, -0.2) is 26.2 Å². The molecular formula is C11H12FNO3. The van der Waals surface area contributed by atoms with Crippen LogP contribution in [0.5, 0.6) is 5.75 Å². The van der Waals surface area contributed by atoms with Gasteiger partial charge < -0.3 is 14.8 Å². The van der Waals surface area contributed by atoms with Crippen LogP contribution in [-0.2, 0) is 9.53 Å². The number of morpholine rings is 1. The Kier molecular flexibility index (Phi) is 3.05. The van der Waals surface area contributed by atoms with E-state index in [1.807, 2.05) is 0 Å². The van der Waals surface area contributed by atoms with Gasteiger partial charge in [-0.2, -0.15) is 0 Å². The standard InChI is InChI=1S/C11H12FNO3/c1-15-9-3-2-7(4-8(9)12)10-5-13-11(14)6-16-10/h2-4,10H,5-6H2,1H3,(H,13,14)/t10-/m0/s1. The minimum absolute atomic E-state index is 0.0122. The number of nitrogens with one attached hydrogen (secondary N) is 1. The van der Waals surface area contributed by atoms with Crippen LogP contribution >= 0.6 is 0 Å². The zero-order valence-electron chi connectivity index (χ0n) is 8.83. The summed E-state index contributed by atoms with van der Waals surface area (Å²) >= 11 is 0. The van der Waals surface area contributed by atoms with Crippen molar-refractivity contribution < 1.29 is 18.7 Å². The summed E-state index contributed by atoms with van der Waals surface area (Å²) in [6.45, 7) is 0.378. The lowest BCUT2D eigenvalue weighted by Crippen LogP contribution is -2.38. The molecule has 86 valence electrons. The first-order chi connectivity index (χ1) is 7.70. The van der Waals surface area contributed by atoms with Gasteiger partial charge in [0.1, 0.15) is 12.7 Å². The van der Waals surface area contributed by atoms with E-state index in [0.29, 0.717) is 12.1 Å². The number of halogens is 1. The van der Waals surface area contributed by atoms with E-state index in [1.165, 1.54) is 13.2 Å². The number of hydrogen-bond donors (Lipinski definition) is 1. The van der Waals surface area contributed by atoms with Gasteiger partial charge in [0.2, 0.25) is 5.91 Å². The molecule has 1 aliphatic heterocycles. The Labute approximate surface area is 92.4 Å². The van der Waals surface area contributed by atoms with Crippen LogP contribution in [0, 0.1) is 5.82 Å². The first kappa shape index (κ1) is 10.9. The van der Waals surface area contributed by atoms with Gasteiger partial charge in [0.15, 0.2) is 11.6 Å². The van der Waals surface area contributed by atoms with Crippen molar-refractivity contribution in [3.63, 3.8) is 0 Å². The normalized spacial score (nSPS) is 20.4. The molecule has 0 saturated carbocycles. The SMILES string of the molecule is COc1ccc([C@@H]2CNC(=O)CO2)cc1F. The van der Waals surface area contributed by atoms with Gasteiger partial charge in [-0.25, -0.2) is 4.39 Å². The minimum atomic E-state index is -0.430. The molecule has 1 aromatic rings. The predicted molar refractivity (Wildman–Crippen MR) is 54.7 cm³/mol. The third-order valence-corrected chi connectivity index (χ3v) is 2.45. The molecule has 1 heterocycles. The minimum Gasteiger partial charge on any atom is -0.494 e. The molecule has 1 N–H and O–H groups in total. The van der Waals surface area contributed by atoms with Gasteiger partial charge >= 0.3 is 0 Å². The van der Waals surface area contributed by atoms with Crippen molar-refractivity contribution in [2.45, 2.75) is 6.10 Å². The molecule has 1 amide bonds. The third kappa shape index (κ3) is 2.14. The smallest absolute Gasteiger partial charge is 0.246 e. The number of methoxy groups -OCH3 is 1. The van der Waals surface area contributed by atoms with Crippen LogP contribution in [0.4, 0.5) is 4.39 Å². The molecule has 1 atom stereocenters. The number of hydrogen-bond acceptors (Lipinski definition) is 3. The highest BCUT2D eigenvalue weighted by Crippen LogP contribution is 2.24. The molecule has 0 aliphatic carbocycles. The van der Waals surface area contributed by atoms with Crippen LogP contribution in [0.2, 0.25) is 0 Å². The van der Waals surface area contributed by atoms with Gasteiger partial charge in [-0.05, 0) is 17.7 Å². The summed E-state index contributed by atoms with van der Waals surface area (Å²) in [5.74, 6) is -0.380. The van der Waals surface area contributed by atoms with Crippen molar-refractivity contribution in [2.75, 3.05) is 20.3 Å². The second-order valence-corrected chi connectivity index (χ2v) is 3.50. The number of amides is 1. The Morgan fingerprint density at radius 2 is 2.38 bits per heavy atom. The molecule has 4 nitrogen and oxygen atoms in total. The van der Waals surface area contributed by atoms with Gasteiger partial charge in [-0.1, -0.05) is 6.07 Å². The lowest BCUT2D eigenvalue weighted by atomic mass is 10.1. The van der Waals surface area contributed by atoms with Crippen LogP contribution < -0.4 is 10.1 Å². The van der Waals surface area contributed by atoms with Crippen molar-refractivity contribution >= 4 is 5.91 Å². The lowest BCUT2D eigenvalue weighted by molar-refractivity contribution is -0.133. The van der Waals surface area contributed by atoms with E-state index < -0.39 is 5.82 Å². The molecule has 1 aromatic carbocycles. The van der Waals surface area contributed by atoms with Crippen LogP contribution in [0.15, 0.2) is 18.2 Å². The molecule has 5 heteroatoms. The fraction of sp³-hybridized carbons (Fsp3) is 0.364. The Balaban J connectivity index is 2.15. The largest absolute Gasteiger partial charge is 0.494 e. The van der Waals surface area contributed by atoms with Gasteiger partial charge in [-0.3, -0.25) is 4.79 Å². The number of carbonyl (C=O) groups excluding carboxylic acids is 1. The highest BCUT2D eigenvalue weighted by atomic mass is 19.1. The average molecular weight is 225 g/mol. The summed E-state index contributed by atoms with van der Waals surface area (Å²) in [5, 5.41) is 2.66. The quantitative estimate of drug-likeness (QED) is 0.817. The van der Waals surface area contributed by atoms with Gasteiger partial charge in [0, 0.05) is 6.54 Å². The third-order valence-electron chi connectivity index (χ3n) is 2.45. The van der Waals surface area contributed by atoms with Crippen molar-refractivity contribution in [3.05, 3.63) is 29.6 Å². The van der Waals surface area contributed by atoms with Crippen molar-refractivity contribution in [1.82, 2.24) is 5.32 Å². The molecule has 0 aromatic heterocycles. The lowest BCUT2D eigenvalue weighted by Gasteiger charge is -2.23. The number of carbonyl (C=O) groups is 1. The second-order valence-electron chi connectivity index (χ2n) is 3.50. The predicted octanol–water partition coefficient (Wildman–Crippen LogP) is 1.02. The molecule has 1 aliphatic rings. The van der Waals surface area contributed by atoms with Gasteiger partial charge in [0.05, 0.1) is 7.11 Å². The van der Waals surface area contributed by atoms with Crippen molar-refractivity contribution in [3.8, 4) is 5.75 Å². The molecule has 1 saturated heterocycles. The van der Waals surface area contributed by atoms with Crippen molar-refractivity contribution in [2.24, 2.45) is 0 Å². The summed E-state index contributed by atoms with van der Waals surface area (Å²) in [5.41, 5.74) is 0.693. The Morgan fingerprint density at radius 3 is 2.94 bits per heavy atom. The Bertz CT molecular complexity index is 398. The highest BCUT2D eigenvalue weighted by molar-refractivity contribution is 5.77. The first-order valence-corrected chi connectivity index (χ1v) is 4.92. The summed E-state index contributed by atoms with van der Waals surface area (Å²) in [6, 6.07) is 4.63. The maximum Gasteiger partial charge on any atom is 0.246 e. The van der Waals surface area contributed by atoms with E-state index in [4.69, 9.17) is 9.47 Å². The van der Waals surface area contributed by atoms with E-state index in [0.717, 1.165) is 0 Å². The molecule has 16 heavy (non-hydrogen) atoms. The molecule has 0 unspecified atom stereocenters. The van der Waals surface area contributed by atoms with E-state index in [2.05, 4.69) is 5.32 Å². The fourth-order valence-corrected chi connectivity index (χ4v) is 1.59. The zero-order chi connectivity index (χ0) is 11.5. The molecule has 2 rings (SSSR count). The topological polar surface area (TPSA) is 47.6 Å². The zero-order valence-corrected chi connectivity index (χ0v) is 8.83. The summed E-state index contributed by atoms with van der Waals surface area (Å²) in [6.07, 6.45) is -0.293. The maximum atomic E-state index is 13.4. The van der Waals surface area contributed by atoms with E-state index >= 15 is 0 Å². The highest BCUT2D eigenvalue weighted by Gasteiger charge is 2.20. The second kappa shape index (κ2) is 4.49. The number of rotatable bonds is 2. The van der Waals surface area contributed by atoms with Gasteiger partial charge in [0.25, 0.3) is 0 Å². The molecule has 1 fully saturated rings. The van der Waals surface area contributed by atoms with Crippen LogP contribution in [0.1, 0.15) is 11.7 Å². The van der Waals surface area contributed by atoms with Crippen molar-refractivity contribution in [1.29, 1.82) is 0 Å². The van der Waals surface area contributed by atoms with Crippen LogP contribution in [0.3, 0.4) is 0 Å². The monoisotopic (exact) mass is 225 g/mol. The van der Waals surface area contributed by atoms with E-state index in [9.17, 15) is 9.18 Å². The maximum absolute atomic E-state index is 13.4. The summed E-state index contributed by atoms with van der Waals surface area (Å²) in [4.78, 5) is 10.9. The van der Waals surface area contributed by atoms with E-state index in [1.54, 1.807) is 12.1 Å². The first-order valence-electron chi connectivity index (χ1n) is 4.92. The summed E-state index contributed by atoms with van der Waals surface area (Å²) in [7, 11) is 1.41. The summed E-state index contributed by atoms with van der Waals surface area (Å²) < 4.78 is 23.5. The average Bonchev–Trinajstić information content (AvgIpc) is 2.30. The van der Waals surface area contributed by atoms with E-state index in [-0.39, 0.29) is 24.4 Å². The Morgan fingerprint density at radius 1 is 1.56 bits per heavy atom. The number of benzene rings is 1. The Hall–Kier alpha value is -1.62.